The van der Waals surface area contributed by atoms with Gasteiger partial charge in [0, 0.05) is 11.8 Å². The molecular weight excluding hydrogens is 508 g/mol. The normalized spacial score (nSPS) is 19.3. The second-order valence-electron chi connectivity index (χ2n) is 9.00. The summed E-state index contributed by atoms with van der Waals surface area (Å²) in [5, 5.41) is 12.8. The molecule has 1 aliphatic carbocycles. The standard InChI is InChI=1S/C24H27BrN2O5S/c1-33(31,32)20-8-3-2-5-16(20)15-27(25)23(30)19-7-4-6-18-17(13-21(28)29)14-24(22(18)19)9-11-26-12-10-24/h2-8,17,26H,9-15H2,1H3,(H,28,29). The number of fused-ring (bicyclic) bond motifs is 2. The van der Waals surface area contributed by atoms with Gasteiger partial charge in [0.05, 0.1) is 34.0 Å². The van der Waals surface area contributed by atoms with Crippen LogP contribution in [0.3, 0.4) is 0 Å². The van der Waals surface area contributed by atoms with Gasteiger partial charge in [-0.15, -0.1) is 0 Å². The minimum Gasteiger partial charge on any atom is -0.481 e. The van der Waals surface area contributed by atoms with Crippen molar-refractivity contribution in [3.05, 3.63) is 64.7 Å². The van der Waals surface area contributed by atoms with Gasteiger partial charge >= 0.3 is 5.97 Å². The van der Waals surface area contributed by atoms with Crippen molar-refractivity contribution in [1.82, 2.24) is 9.24 Å². The summed E-state index contributed by atoms with van der Waals surface area (Å²) >= 11 is 3.38. The van der Waals surface area contributed by atoms with Crippen LogP contribution in [-0.2, 0) is 26.6 Å². The van der Waals surface area contributed by atoms with E-state index in [9.17, 15) is 23.1 Å². The topological polar surface area (TPSA) is 104 Å². The number of nitrogens with one attached hydrogen (secondary N) is 1. The van der Waals surface area contributed by atoms with Crippen LogP contribution in [-0.4, -0.2) is 48.7 Å². The summed E-state index contributed by atoms with van der Waals surface area (Å²) in [5.41, 5.74) is 2.76. The first-order chi connectivity index (χ1) is 15.6. The molecule has 1 saturated heterocycles. The van der Waals surface area contributed by atoms with E-state index in [1.807, 2.05) is 12.1 Å². The summed E-state index contributed by atoms with van der Waals surface area (Å²) in [6.07, 6.45) is 3.61. The molecule has 1 amide bonds. The molecule has 2 aliphatic rings. The molecule has 2 aromatic rings. The predicted octanol–water partition coefficient (Wildman–Crippen LogP) is 3.63. The monoisotopic (exact) mass is 534 g/mol. The lowest BCUT2D eigenvalue weighted by Crippen LogP contribution is -2.39. The van der Waals surface area contributed by atoms with Crippen molar-refractivity contribution in [2.75, 3.05) is 19.3 Å². The lowest BCUT2D eigenvalue weighted by atomic mass is 9.72. The molecule has 1 aliphatic heterocycles. The number of amides is 1. The molecule has 1 fully saturated rings. The number of hydrogen-bond donors (Lipinski definition) is 2. The summed E-state index contributed by atoms with van der Waals surface area (Å²) in [6, 6.07) is 12.2. The van der Waals surface area contributed by atoms with Gasteiger partial charge in [-0.25, -0.2) is 8.42 Å². The van der Waals surface area contributed by atoms with Gasteiger partial charge in [0.2, 0.25) is 0 Å². The van der Waals surface area contributed by atoms with Crippen LogP contribution >= 0.6 is 16.1 Å². The predicted molar refractivity (Wildman–Crippen MR) is 128 cm³/mol. The largest absolute Gasteiger partial charge is 0.481 e. The van der Waals surface area contributed by atoms with E-state index in [2.05, 4.69) is 21.5 Å². The first-order valence-electron chi connectivity index (χ1n) is 10.9. The lowest BCUT2D eigenvalue weighted by molar-refractivity contribution is -0.137. The highest BCUT2D eigenvalue weighted by Gasteiger charge is 2.47. The van der Waals surface area contributed by atoms with E-state index in [0.717, 1.165) is 49.7 Å². The molecule has 33 heavy (non-hydrogen) atoms. The van der Waals surface area contributed by atoms with E-state index in [0.29, 0.717) is 11.1 Å². The van der Waals surface area contributed by atoms with Crippen LogP contribution < -0.4 is 5.32 Å². The van der Waals surface area contributed by atoms with Gasteiger partial charge in [-0.3, -0.25) is 13.5 Å². The summed E-state index contributed by atoms with van der Waals surface area (Å²) in [5.74, 6) is -1.23. The Morgan fingerprint density at radius 3 is 2.52 bits per heavy atom. The van der Waals surface area contributed by atoms with E-state index in [1.165, 1.54) is 9.99 Å². The van der Waals surface area contributed by atoms with Gasteiger partial charge in [-0.05, 0) is 72.5 Å². The Labute approximate surface area is 202 Å². The first kappa shape index (κ1) is 23.9. The number of aliphatic carboxylic acids is 1. The van der Waals surface area contributed by atoms with Crippen molar-refractivity contribution in [3.63, 3.8) is 0 Å². The molecule has 7 nitrogen and oxygen atoms in total. The number of sulfone groups is 1. The van der Waals surface area contributed by atoms with Crippen molar-refractivity contribution in [2.45, 2.75) is 48.5 Å². The Balaban J connectivity index is 1.71. The fraction of sp³-hybridized carbons (Fsp3) is 0.417. The van der Waals surface area contributed by atoms with Crippen LogP contribution in [0.1, 0.15) is 58.6 Å². The number of carboxylic acids is 1. The lowest BCUT2D eigenvalue weighted by Gasteiger charge is -2.36. The highest BCUT2D eigenvalue weighted by atomic mass is 79.9. The summed E-state index contributed by atoms with van der Waals surface area (Å²) in [7, 11) is -3.44. The van der Waals surface area contributed by atoms with E-state index in [1.54, 1.807) is 24.3 Å². The van der Waals surface area contributed by atoms with Crippen molar-refractivity contribution >= 4 is 37.9 Å². The van der Waals surface area contributed by atoms with E-state index in [4.69, 9.17) is 0 Å². The molecule has 1 heterocycles. The van der Waals surface area contributed by atoms with Crippen molar-refractivity contribution in [2.24, 2.45) is 0 Å². The fourth-order valence-electron chi connectivity index (χ4n) is 5.46. The van der Waals surface area contributed by atoms with Crippen molar-refractivity contribution in [3.8, 4) is 0 Å². The molecule has 1 spiro atoms. The Hall–Kier alpha value is -2.23. The zero-order chi connectivity index (χ0) is 23.8. The van der Waals surface area contributed by atoms with Crippen molar-refractivity contribution in [1.29, 1.82) is 0 Å². The Morgan fingerprint density at radius 2 is 1.85 bits per heavy atom. The van der Waals surface area contributed by atoms with E-state index < -0.39 is 15.8 Å². The Kier molecular flexibility index (Phi) is 6.66. The van der Waals surface area contributed by atoms with Crippen LogP contribution in [0.25, 0.3) is 0 Å². The summed E-state index contributed by atoms with van der Waals surface area (Å²) < 4.78 is 25.7. The maximum Gasteiger partial charge on any atom is 0.303 e. The maximum atomic E-state index is 13.6. The number of piperidine rings is 1. The average molecular weight is 535 g/mol. The van der Waals surface area contributed by atoms with Gasteiger partial charge in [0.1, 0.15) is 0 Å². The second kappa shape index (κ2) is 9.19. The molecule has 0 aromatic heterocycles. The third-order valence-corrected chi connectivity index (χ3v) is 8.59. The molecule has 2 aromatic carbocycles. The molecule has 0 radical (unpaired) electrons. The molecule has 2 N–H and O–H groups in total. The number of halogens is 1. The first-order valence-corrected chi connectivity index (χ1v) is 13.5. The van der Waals surface area contributed by atoms with Gasteiger partial charge in [0.15, 0.2) is 9.84 Å². The zero-order valence-corrected chi connectivity index (χ0v) is 20.8. The smallest absolute Gasteiger partial charge is 0.303 e. The number of rotatable bonds is 6. The minimum atomic E-state index is -3.44. The van der Waals surface area contributed by atoms with E-state index >= 15 is 0 Å². The van der Waals surface area contributed by atoms with Crippen molar-refractivity contribution < 1.29 is 23.1 Å². The highest BCUT2D eigenvalue weighted by Crippen LogP contribution is 2.53. The van der Waals surface area contributed by atoms with E-state index in [-0.39, 0.29) is 35.1 Å². The number of carbonyl (C=O) groups is 2. The third-order valence-electron chi connectivity index (χ3n) is 6.82. The Bertz CT molecular complexity index is 1190. The molecule has 1 atom stereocenters. The number of carbonyl (C=O) groups excluding carboxylic acids is 1. The molecule has 1 unspecified atom stereocenters. The fourth-order valence-corrected chi connectivity index (χ4v) is 6.86. The zero-order valence-electron chi connectivity index (χ0n) is 18.4. The molecule has 4 rings (SSSR count). The number of benzene rings is 2. The van der Waals surface area contributed by atoms with Crippen LogP contribution in [0.4, 0.5) is 0 Å². The number of nitrogens with zero attached hydrogens (tertiary/aromatic N) is 1. The van der Waals surface area contributed by atoms with Crippen LogP contribution in [0, 0.1) is 0 Å². The van der Waals surface area contributed by atoms with Gasteiger partial charge < -0.3 is 10.4 Å². The molecule has 176 valence electrons. The quantitative estimate of drug-likeness (QED) is 0.548. The molecule has 0 saturated carbocycles. The van der Waals surface area contributed by atoms with Gasteiger partial charge in [0.25, 0.3) is 5.91 Å². The van der Waals surface area contributed by atoms with Crippen LogP contribution in [0.2, 0.25) is 0 Å². The third kappa shape index (κ3) is 4.72. The maximum absolute atomic E-state index is 13.6. The Morgan fingerprint density at radius 1 is 1.15 bits per heavy atom. The summed E-state index contributed by atoms with van der Waals surface area (Å²) in [6.45, 7) is 1.72. The number of hydrogen-bond acceptors (Lipinski definition) is 5. The highest BCUT2D eigenvalue weighted by molar-refractivity contribution is 9.07. The SMILES string of the molecule is CS(=O)(=O)c1ccccc1CN(Br)C(=O)c1cccc2c1C1(CCNCC1)CC2CC(=O)O. The van der Waals surface area contributed by atoms with Gasteiger partial charge in [-0.2, -0.15) is 0 Å². The van der Waals surface area contributed by atoms with Gasteiger partial charge in [-0.1, -0.05) is 30.3 Å². The molecule has 9 heteroatoms. The number of carboxylic acid groups (broad SMARTS) is 1. The van der Waals surface area contributed by atoms with Crippen LogP contribution in [0.5, 0.6) is 0 Å². The van der Waals surface area contributed by atoms with Crippen LogP contribution in [0.15, 0.2) is 47.4 Å². The summed E-state index contributed by atoms with van der Waals surface area (Å²) in [4.78, 5) is 25.3. The molecule has 0 bridgehead atoms. The average Bonchev–Trinajstić information content (AvgIpc) is 3.05. The minimum absolute atomic E-state index is 0.0413. The molecular formula is C24H27BrN2O5S. The second-order valence-corrected chi connectivity index (χ2v) is 11.8.